The molecule has 4 heteroatoms. The summed E-state index contributed by atoms with van der Waals surface area (Å²) in [6.45, 7) is 5.53. The van der Waals surface area contributed by atoms with E-state index in [1.54, 1.807) is 7.11 Å². The monoisotopic (exact) mass is 355 g/mol. The lowest BCUT2D eigenvalue weighted by Gasteiger charge is -2.13. The Labute approximate surface area is 156 Å². The Morgan fingerprint density at radius 3 is 2.69 bits per heavy atom. The lowest BCUT2D eigenvalue weighted by Crippen LogP contribution is -2.23. The van der Waals surface area contributed by atoms with Crippen molar-refractivity contribution in [1.82, 2.24) is 5.32 Å². The number of aryl methyl sites for hydroxylation is 1. The Morgan fingerprint density at radius 1 is 1.12 bits per heavy atom. The highest BCUT2D eigenvalue weighted by atomic mass is 16.5. The van der Waals surface area contributed by atoms with Gasteiger partial charge in [0.15, 0.2) is 0 Å². The summed E-state index contributed by atoms with van der Waals surface area (Å²) in [5.74, 6) is 2.31. The molecule has 1 N–H and O–H groups in total. The number of carbonyl (C=O) groups is 1. The highest BCUT2D eigenvalue weighted by molar-refractivity contribution is 5.76. The number of hydrogen-bond acceptors (Lipinski definition) is 3. The molecule has 140 valence electrons. The Morgan fingerprint density at radius 2 is 1.92 bits per heavy atom. The van der Waals surface area contributed by atoms with Crippen LogP contribution in [0.2, 0.25) is 0 Å². The summed E-state index contributed by atoms with van der Waals surface area (Å²) in [4.78, 5) is 12.2. The first-order valence-electron chi connectivity index (χ1n) is 9.19. The largest absolute Gasteiger partial charge is 0.497 e. The zero-order chi connectivity index (χ0) is 18.8. The van der Waals surface area contributed by atoms with E-state index in [1.807, 2.05) is 48.5 Å². The van der Waals surface area contributed by atoms with Crippen LogP contribution in [0.15, 0.2) is 48.5 Å². The smallest absolute Gasteiger partial charge is 0.220 e. The van der Waals surface area contributed by atoms with Crippen molar-refractivity contribution in [3.05, 3.63) is 59.7 Å². The van der Waals surface area contributed by atoms with Crippen LogP contribution in [0.3, 0.4) is 0 Å². The predicted molar refractivity (Wildman–Crippen MR) is 105 cm³/mol. The number of para-hydroxylation sites is 1. The maximum atomic E-state index is 12.2. The Kier molecular flexibility index (Phi) is 8.00. The summed E-state index contributed by atoms with van der Waals surface area (Å²) in [5.41, 5.74) is 2.10. The van der Waals surface area contributed by atoms with Crippen molar-refractivity contribution in [1.29, 1.82) is 0 Å². The fraction of sp³-hybridized carbons (Fsp3) is 0.409. The molecule has 2 rings (SSSR count). The molecular weight excluding hydrogens is 326 g/mol. The molecule has 0 aliphatic carbocycles. The molecule has 0 aromatic heterocycles. The second-order valence-electron chi connectivity index (χ2n) is 6.77. The van der Waals surface area contributed by atoms with Crippen molar-refractivity contribution in [3.63, 3.8) is 0 Å². The van der Waals surface area contributed by atoms with E-state index >= 15 is 0 Å². The minimum atomic E-state index is 0.0322. The van der Waals surface area contributed by atoms with E-state index in [0.29, 0.717) is 31.9 Å². The van der Waals surface area contributed by atoms with Gasteiger partial charge in [-0.05, 0) is 42.5 Å². The van der Waals surface area contributed by atoms with Gasteiger partial charge in [0.1, 0.15) is 11.5 Å². The van der Waals surface area contributed by atoms with Crippen molar-refractivity contribution in [2.75, 3.05) is 13.7 Å². The fourth-order valence-electron chi connectivity index (χ4n) is 2.56. The summed E-state index contributed by atoms with van der Waals surface area (Å²) in [6, 6.07) is 15.7. The minimum absolute atomic E-state index is 0.0322. The summed E-state index contributed by atoms with van der Waals surface area (Å²) < 4.78 is 11.1. The van der Waals surface area contributed by atoms with Gasteiger partial charge in [-0.3, -0.25) is 4.79 Å². The van der Waals surface area contributed by atoms with E-state index in [4.69, 9.17) is 9.47 Å². The predicted octanol–water partition coefficient (Wildman–Crippen LogP) is 4.37. The summed E-state index contributed by atoms with van der Waals surface area (Å²) >= 11 is 0. The maximum Gasteiger partial charge on any atom is 0.220 e. The molecule has 0 atom stereocenters. The van der Waals surface area contributed by atoms with Crippen LogP contribution in [0.25, 0.3) is 0 Å². The van der Waals surface area contributed by atoms with Crippen LogP contribution in [0.4, 0.5) is 0 Å². The lowest BCUT2D eigenvalue weighted by molar-refractivity contribution is -0.121. The van der Waals surface area contributed by atoms with Crippen molar-refractivity contribution >= 4 is 5.91 Å². The van der Waals surface area contributed by atoms with E-state index in [-0.39, 0.29) is 5.91 Å². The first-order valence-corrected chi connectivity index (χ1v) is 9.19. The van der Waals surface area contributed by atoms with Crippen LogP contribution in [-0.2, 0) is 17.8 Å². The number of hydrogen-bond donors (Lipinski definition) is 1. The van der Waals surface area contributed by atoms with Crippen molar-refractivity contribution in [2.24, 2.45) is 5.92 Å². The molecule has 0 unspecified atom stereocenters. The summed E-state index contributed by atoms with van der Waals surface area (Å²) in [6.07, 6.45) is 2.15. The molecular formula is C22H29NO3. The molecule has 0 fully saturated rings. The molecule has 0 saturated carbocycles. The van der Waals surface area contributed by atoms with Crippen LogP contribution in [0.1, 0.15) is 37.8 Å². The van der Waals surface area contributed by atoms with Crippen LogP contribution in [0, 0.1) is 5.92 Å². The third-order valence-corrected chi connectivity index (χ3v) is 4.18. The Bertz CT molecular complexity index is 697. The zero-order valence-corrected chi connectivity index (χ0v) is 16.0. The highest BCUT2D eigenvalue weighted by Gasteiger charge is 2.07. The SMILES string of the molecule is COc1cccc(CCC(=O)NCc2ccccc2OCCC(C)C)c1. The maximum absolute atomic E-state index is 12.2. The number of nitrogens with one attached hydrogen (secondary N) is 1. The number of carbonyl (C=O) groups excluding carboxylic acids is 1. The standard InChI is InChI=1S/C22H29NO3/c1-17(2)13-14-26-21-10-5-4-8-19(21)16-23-22(24)12-11-18-7-6-9-20(15-18)25-3/h4-10,15,17H,11-14,16H2,1-3H3,(H,23,24). The molecule has 0 aliphatic rings. The first-order chi connectivity index (χ1) is 12.6. The lowest BCUT2D eigenvalue weighted by atomic mass is 10.1. The van der Waals surface area contributed by atoms with Gasteiger partial charge in [0.05, 0.1) is 13.7 Å². The normalized spacial score (nSPS) is 10.6. The van der Waals surface area contributed by atoms with Crippen LogP contribution in [-0.4, -0.2) is 19.6 Å². The minimum Gasteiger partial charge on any atom is -0.497 e. The van der Waals surface area contributed by atoms with Crippen LogP contribution < -0.4 is 14.8 Å². The van der Waals surface area contributed by atoms with Crippen molar-refractivity contribution in [3.8, 4) is 11.5 Å². The number of methoxy groups -OCH3 is 1. The molecule has 1 amide bonds. The Hall–Kier alpha value is -2.49. The van der Waals surface area contributed by atoms with Crippen LogP contribution >= 0.6 is 0 Å². The highest BCUT2D eigenvalue weighted by Crippen LogP contribution is 2.19. The average Bonchev–Trinajstić information content (AvgIpc) is 2.65. The third-order valence-electron chi connectivity index (χ3n) is 4.18. The molecule has 0 bridgehead atoms. The van der Waals surface area contributed by atoms with E-state index in [2.05, 4.69) is 19.2 Å². The number of benzene rings is 2. The molecule has 0 heterocycles. The van der Waals surface area contributed by atoms with Gasteiger partial charge in [-0.1, -0.05) is 44.2 Å². The van der Waals surface area contributed by atoms with Gasteiger partial charge < -0.3 is 14.8 Å². The molecule has 26 heavy (non-hydrogen) atoms. The number of ether oxygens (including phenoxy) is 2. The fourth-order valence-corrected chi connectivity index (χ4v) is 2.56. The summed E-state index contributed by atoms with van der Waals surface area (Å²) in [7, 11) is 1.65. The van der Waals surface area contributed by atoms with Gasteiger partial charge in [0.2, 0.25) is 5.91 Å². The van der Waals surface area contributed by atoms with Crippen molar-refractivity contribution < 1.29 is 14.3 Å². The van der Waals surface area contributed by atoms with E-state index < -0.39 is 0 Å². The molecule has 2 aromatic rings. The van der Waals surface area contributed by atoms with E-state index in [9.17, 15) is 4.79 Å². The van der Waals surface area contributed by atoms with Gasteiger partial charge in [-0.25, -0.2) is 0 Å². The van der Waals surface area contributed by atoms with Crippen molar-refractivity contribution in [2.45, 2.75) is 39.7 Å². The average molecular weight is 355 g/mol. The van der Waals surface area contributed by atoms with Gasteiger partial charge in [0, 0.05) is 18.5 Å². The Balaban J connectivity index is 1.81. The van der Waals surface area contributed by atoms with E-state index in [0.717, 1.165) is 29.0 Å². The van der Waals surface area contributed by atoms with Gasteiger partial charge in [-0.15, -0.1) is 0 Å². The number of rotatable bonds is 10. The molecule has 4 nitrogen and oxygen atoms in total. The molecule has 0 spiro atoms. The van der Waals surface area contributed by atoms with E-state index in [1.165, 1.54) is 0 Å². The van der Waals surface area contributed by atoms with Gasteiger partial charge in [0.25, 0.3) is 0 Å². The molecule has 0 radical (unpaired) electrons. The first kappa shape index (κ1) is 19.8. The zero-order valence-electron chi connectivity index (χ0n) is 16.0. The second kappa shape index (κ2) is 10.5. The van der Waals surface area contributed by atoms with Gasteiger partial charge >= 0.3 is 0 Å². The van der Waals surface area contributed by atoms with Crippen LogP contribution in [0.5, 0.6) is 11.5 Å². The molecule has 2 aromatic carbocycles. The summed E-state index contributed by atoms with van der Waals surface area (Å²) in [5, 5.41) is 2.99. The number of amides is 1. The van der Waals surface area contributed by atoms with Gasteiger partial charge in [-0.2, -0.15) is 0 Å². The molecule has 0 aliphatic heterocycles. The quantitative estimate of drug-likeness (QED) is 0.688. The topological polar surface area (TPSA) is 47.6 Å². The second-order valence-corrected chi connectivity index (χ2v) is 6.77. The third kappa shape index (κ3) is 6.79. The molecule has 0 saturated heterocycles.